The lowest BCUT2D eigenvalue weighted by atomic mass is 9.97. The Morgan fingerprint density at radius 1 is 0.944 bits per heavy atom. The van der Waals surface area contributed by atoms with Crippen molar-refractivity contribution >= 4 is 5.95 Å². The number of fused-ring (bicyclic) bond motifs is 1. The molecule has 0 bridgehead atoms. The first kappa shape index (κ1) is 11.8. The van der Waals surface area contributed by atoms with Gasteiger partial charge in [0.2, 0.25) is 5.95 Å². The van der Waals surface area contributed by atoms with Gasteiger partial charge in [0.15, 0.2) is 0 Å². The third-order valence-electron chi connectivity index (χ3n) is 4.08. The molecule has 2 aliphatic rings. The lowest BCUT2D eigenvalue weighted by Gasteiger charge is -2.23. The van der Waals surface area contributed by atoms with Crippen molar-refractivity contribution < 1.29 is 0 Å². The molecule has 4 heteroatoms. The standard InChI is InChI=1S/C14H21N3O/c18-13-11-7-3-4-8-12(11)15-14(16-13)17-9-5-1-2-6-10-17/h1-10H2,(H,15,16,18). The smallest absolute Gasteiger partial charge is 0.255 e. The minimum absolute atomic E-state index is 0.0962. The molecule has 1 aliphatic carbocycles. The molecule has 0 amide bonds. The van der Waals surface area contributed by atoms with Gasteiger partial charge in [-0.3, -0.25) is 9.78 Å². The topological polar surface area (TPSA) is 49.0 Å². The molecule has 0 unspecified atom stereocenters. The van der Waals surface area contributed by atoms with Gasteiger partial charge in [-0.05, 0) is 38.5 Å². The molecule has 98 valence electrons. The van der Waals surface area contributed by atoms with Crippen LogP contribution >= 0.6 is 0 Å². The van der Waals surface area contributed by atoms with Crippen molar-refractivity contribution in [1.29, 1.82) is 0 Å². The van der Waals surface area contributed by atoms with E-state index in [1.165, 1.54) is 32.1 Å². The lowest BCUT2D eigenvalue weighted by molar-refractivity contribution is 0.648. The van der Waals surface area contributed by atoms with E-state index in [9.17, 15) is 4.79 Å². The van der Waals surface area contributed by atoms with Crippen molar-refractivity contribution in [2.45, 2.75) is 51.4 Å². The molecule has 3 rings (SSSR count). The molecule has 2 heterocycles. The van der Waals surface area contributed by atoms with Gasteiger partial charge in [0.05, 0.1) is 5.69 Å². The Balaban J connectivity index is 1.92. The van der Waals surface area contributed by atoms with Gasteiger partial charge in [-0.25, -0.2) is 4.98 Å². The second kappa shape index (κ2) is 5.12. The van der Waals surface area contributed by atoms with Crippen LogP contribution < -0.4 is 10.5 Å². The van der Waals surface area contributed by atoms with E-state index in [1.807, 2.05) is 0 Å². The second-order valence-corrected chi connectivity index (χ2v) is 5.42. The van der Waals surface area contributed by atoms with Crippen molar-refractivity contribution in [1.82, 2.24) is 9.97 Å². The van der Waals surface area contributed by atoms with Gasteiger partial charge in [0, 0.05) is 18.7 Å². The molecule has 1 aliphatic heterocycles. The molecule has 4 nitrogen and oxygen atoms in total. The monoisotopic (exact) mass is 247 g/mol. The van der Waals surface area contributed by atoms with Gasteiger partial charge in [-0.2, -0.15) is 0 Å². The Morgan fingerprint density at radius 3 is 2.44 bits per heavy atom. The first-order valence-corrected chi connectivity index (χ1v) is 7.21. The Hall–Kier alpha value is -1.32. The van der Waals surface area contributed by atoms with E-state index < -0.39 is 0 Å². The van der Waals surface area contributed by atoms with E-state index in [1.54, 1.807) is 0 Å². The molecule has 0 saturated carbocycles. The Bertz CT molecular complexity index is 472. The number of aromatic amines is 1. The first-order valence-electron chi connectivity index (χ1n) is 7.21. The van der Waals surface area contributed by atoms with Crippen LogP contribution in [-0.2, 0) is 12.8 Å². The molecule has 0 aromatic carbocycles. The number of H-pyrrole nitrogens is 1. The minimum atomic E-state index is 0.0962. The van der Waals surface area contributed by atoms with Crippen LogP contribution in [0.5, 0.6) is 0 Å². The zero-order valence-corrected chi connectivity index (χ0v) is 10.9. The summed E-state index contributed by atoms with van der Waals surface area (Å²) >= 11 is 0. The molecule has 0 radical (unpaired) electrons. The third kappa shape index (κ3) is 2.28. The average Bonchev–Trinajstić information content (AvgIpc) is 2.67. The van der Waals surface area contributed by atoms with Gasteiger partial charge in [-0.1, -0.05) is 12.8 Å². The van der Waals surface area contributed by atoms with E-state index in [-0.39, 0.29) is 5.56 Å². The predicted molar refractivity (Wildman–Crippen MR) is 72.2 cm³/mol. The van der Waals surface area contributed by atoms with E-state index >= 15 is 0 Å². The molecule has 1 fully saturated rings. The summed E-state index contributed by atoms with van der Waals surface area (Å²) in [5.74, 6) is 0.808. The summed E-state index contributed by atoms with van der Waals surface area (Å²) in [5.41, 5.74) is 2.07. The number of hydrogen-bond donors (Lipinski definition) is 1. The number of hydrogen-bond acceptors (Lipinski definition) is 3. The normalized spacial score (nSPS) is 20.3. The van der Waals surface area contributed by atoms with Crippen LogP contribution in [0.4, 0.5) is 5.95 Å². The van der Waals surface area contributed by atoms with Crippen molar-refractivity contribution in [2.75, 3.05) is 18.0 Å². The van der Waals surface area contributed by atoms with E-state index in [2.05, 4.69) is 9.88 Å². The van der Waals surface area contributed by atoms with E-state index in [0.717, 1.165) is 49.6 Å². The lowest BCUT2D eigenvalue weighted by Crippen LogP contribution is -2.31. The maximum atomic E-state index is 12.1. The molecule has 1 saturated heterocycles. The number of anilines is 1. The van der Waals surface area contributed by atoms with Gasteiger partial charge < -0.3 is 4.90 Å². The molecule has 0 atom stereocenters. The Labute approximate surface area is 107 Å². The molecule has 1 N–H and O–H groups in total. The van der Waals surface area contributed by atoms with Gasteiger partial charge in [0.25, 0.3) is 5.56 Å². The predicted octanol–water partition coefficient (Wildman–Crippen LogP) is 2.03. The molecule has 18 heavy (non-hydrogen) atoms. The number of nitrogens with one attached hydrogen (secondary N) is 1. The summed E-state index contributed by atoms with van der Waals surface area (Å²) in [6, 6.07) is 0. The first-order chi connectivity index (χ1) is 8.84. The Morgan fingerprint density at radius 2 is 1.67 bits per heavy atom. The number of aryl methyl sites for hydroxylation is 1. The van der Waals surface area contributed by atoms with Gasteiger partial charge >= 0.3 is 0 Å². The maximum Gasteiger partial charge on any atom is 0.255 e. The van der Waals surface area contributed by atoms with E-state index in [4.69, 9.17) is 4.98 Å². The molecule has 1 aromatic heterocycles. The Kier molecular flexibility index (Phi) is 3.35. The van der Waals surface area contributed by atoms with E-state index in [0.29, 0.717) is 0 Å². The molecular weight excluding hydrogens is 226 g/mol. The van der Waals surface area contributed by atoms with Crippen molar-refractivity contribution in [3.63, 3.8) is 0 Å². The summed E-state index contributed by atoms with van der Waals surface area (Å²) in [4.78, 5) is 22.0. The van der Waals surface area contributed by atoms with Crippen LogP contribution in [0.15, 0.2) is 4.79 Å². The van der Waals surface area contributed by atoms with Crippen LogP contribution in [0, 0.1) is 0 Å². The number of aromatic nitrogens is 2. The fourth-order valence-electron chi connectivity index (χ4n) is 3.02. The van der Waals surface area contributed by atoms with Crippen LogP contribution in [0.25, 0.3) is 0 Å². The fourth-order valence-corrected chi connectivity index (χ4v) is 3.02. The highest BCUT2D eigenvalue weighted by Crippen LogP contribution is 2.20. The minimum Gasteiger partial charge on any atom is -0.342 e. The summed E-state index contributed by atoms with van der Waals surface area (Å²) in [7, 11) is 0. The summed E-state index contributed by atoms with van der Waals surface area (Å²) in [6.07, 6.45) is 9.18. The quantitative estimate of drug-likeness (QED) is 0.826. The van der Waals surface area contributed by atoms with Gasteiger partial charge in [-0.15, -0.1) is 0 Å². The van der Waals surface area contributed by atoms with Crippen molar-refractivity contribution in [3.05, 3.63) is 21.6 Å². The highest BCUT2D eigenvalue weighted by Gasteiger charge is 2.18. The molecular formula is C14H21N3O. The average molecular weight is 247 g/mol. The zero-order chi connectivity index (χ0) is 12.4. The fraction of sp³-hybridized carbons (Fsp3) is 0.714. The molecule has 1 aromatic rings. The van der Waals surface area contributed by atoms with Crippen LogP contribution in [0.2, 0.25) is 0 Å². The second-order valence-electron chi connectivity index (χ2n) is 5.42. The largest absolute Gasteiger partial charge is 0.342 e. The van der Waals surface area contributed by atoms with Crippen molar-refractivity contribution in [2.24, 2.45) is 0 Å². The highest BCUT2D eigenvalue weighted by atomic mass is 16.1. The molecule has 0 spiro atoms. The third-order valence-corrected chi connectivity index (χ3v) is 4.08. The summed E-state index contributed by atoms with van der Waals surface area (Å²) in [5, 5.41) is 0. The number of rotatable bonds is 1. The van der Waals surface area contributed by atoms with Crippen LogP contribution in [0.3, 0.4) is 0 Å². The summed E-state index contributed by atoms with van der Waals surface area (Å²) in [6.45, 7) is 2.06. The van der Waals surface area contributed by atoms with Crippen molar-refractivity contribution in [3.8, 4) is 0 Å². The van der Waals surface area contributed by atoms with Crippen LogP contribution in [0.1, 0.15) is 49.8 Å². The zero-order valence-electron chi connectivity index (χ0n) is 10.9. The van der Waals surface area contributed by atoms with Crippen LogP contribution in [-0.4, -0.2) is 23.1 Å². The highest BCUT2D eigenvalue weighted by molar-refractivity contribution is 5.34. The SMILES string of the molecule is O=c1[nH]c(N2CCCCCC2)nc2c1CCCC2. The maximum absolute atomic E-state index is 12.1. The van der Waals surface area contributed by atoms with Gasteiger partial charge in [0.1, 0.15) is 0 Å². The summed E-state index contributed by atoms with van der Waals surface area (Å²) < 4.78 is 0. The number of nitrogens with zero attached hydrogens (tertiary/aromatic N) is 2.